The van der Waals surface area contributed by atoms with Crippen LogP contribution in [-0.2, 0) is 4.74 Å². The van der Waals surface area contributed by atoms with Gasteiger partial charge in [0.1, 0.15) is 11.8 Å². The quantitative estimate of drug-likeness (QED) is 0.340. The molecule has 12 heavy (non-hydrogen) atoms. The van der Waals surface area contributed by atoms with Crippen molar-refractivity contribution in [2.75, 3.05) is 13.2 Å². The number of hydrogen-bond acceptors (Lipinski definition) is 3. The topological polar surface area (TPSA) is 45.4 Å². The Hall–Kier alpha value is -1.56. The maximum absolute atomic E-state index is 8.43. The molecule has 0 radical (unpaired) electrons. The van der Waals surface area contributed by atoms with Gasteiger partial charge in [0.25, 0.3) is 0 Å². The van der Waals surface area contributed by atoms with Crippen LogP contribution in [0.5, 0.6) is 0 Å². The molecule has 0 aromatic rings. The van der Waals surface area contributed by atoms with Crippen LogP contribution in [-0.4, -0.2) is 18.9 Å². The Kier molecular flexibility index (Phi) is 6.56. The first-order chi connectivity index (χ1) is 5.85. The molecular weight excluding hydrogens is 152 g/mol. The molecule has 64 valence electrons. The van der Waals surface area contributed by atoms with E-state index in [1.807, 2.05) is 6.07 Å². The summed E-state index contributed by atoms with van der Waals surface area (Å²) in [7, 11) is 0. The second kappa shape index (κ2) is 7.55. The molecule has 0 rings (SSSR count). The highest BCUT2D eigenvalue weighted by Gasteiger charge is 1.88. The maximum atomic E-state index is 8.43. The molecule has 3 nitrogen and oxygen atoms in total. The highest BCUT2D eigenvalue weighted by atomic mass is 16.5. The molecule has 3 heteroatoms. The zero-order chi connectivity index (χ0) is 9.23. The van der Waals surface area contributed by atoms with Crippen molar-refractivity contribution in [3.05, 3.63) is 25.5 Å². The van der Waals surface area contributed by atoms with Crippen LogP contribution in [0.2, 0.25) is 0 Å². The predicted octanol–water partition coefficient (Wildman–Crippen LogP) is 1.69. The third-order valence-electron chi connectivity index (χ3n) is 1.13. The lowest BCUT2D eigenvalue weighted by Crippen LogP contribution is -1.94. The highest BCUT2D eigenvalue weighted by Crippen LogP contribution is 1.86. The van der Waals surface area contributed by atoms with E-state index < -0.39 is 0 Å². The third kappa shape index (κ3) is 5.24. The summed E-state index contributed by atoms with van der Waals surface area (Å²) in [6, 6.07) is 1.91. The van der Waals surface area contributed by atoms with E-state index >= 15 is 0 Å². The summed E-state index contributed by atoms with van der Waals surface area (Å²) in [5, 5.41) is 8.43. The zero-order valence-electron chi connectivity index (χ0n) is 6.99. The van der Waals surface area contributed by atoms with E-state index in [4.69, 9.17) is 10.00 Å². The van der Waals surface area contributed by atoms with Crippen LogP contribution < -0.4 is 0 Å². The SMILES string of the molecule is C=COCCCN=C(C#N)C=C. The summed E-state index contributed by atoms with van der Waals surface area (Å²) < 4.78 is 4.87. The number of allylic oxidation sites excluding steroid dienone is 1. The average molecular weight is 164 g/mol. The highest BCUT2D eigenvalue weighted by molar-refractivity contribution is 6.06. The lowest BCUT2D eigenvalue weighted by molar-refractivity contribution is 0.248. The summed E-state index contributed by atoms with van der Waals surface area (Å²) in [5.74, 6) is 0. The summed E-state index contributed by atoms with van der Waals surface area (Å²) in [5.41, 5.74) is 0.369. The molecule has 0 amide bonds. The van der Waals surface area contributed by atoms with E-state index in [9.17, 15) is 0 Å². The third-order valence-corrected chi connectivity index (χ3v) is 1.13. The summed E-state index contributed by atoms with van der Waals surface area (Å²) >= 11 is 0. The lowest BCUT2D eigenvalue weighted by atomic mass is 10.4. The molecule has 0 N–H and O–H groups in total. The molecule has 0 bridgehead atoms. The Morgan fingerprint density at radius 2 is 2.33 bits per heavy atom. The molecule has 0 heterocycles. The van der Waals surface area contributed by atoms with Crippen molar-refractivity contribution in [3.63, 3.8) is 0 Å². The van der Waals surface area contributed by atoms with E-state index in [0.717, 1.165) is 6.42 Å². The number of ether oxygens (including phenoxy) is 1. The lowest BCUT2D eigenvalue weighted by Gasteiger charge is -1.96. The average Bonchev–Trinajstić information content (AvgIpc) is 2.11. The molecule has 0 spiro atoms. The van der Waals surface area contributed by atoms with Gasteiger partial charge in [-0.2, -0.15) is 5.26 Å². The minimum absolute atomic E-state index is 0.369. The molecule has 0 saturated heterocycles. The zero-order valence-corrected chi connectivity index (χ0v) is 6.99. The van der Waals surface area contributed by atoms with Gasteiger partial charge in [0.2, 0.25) is 0 Å². The van der Waals surface area contributed by atoms with Crippen LogP contribution in [0, 0.1) is 11.3 Å². The van der Waals surface area contributed by atoms with Gasteiger partial charge >= 0.3 is 0 Å². The van der Waals surface area contributed by atoms with E-state index in [1.165, 1.54) is 12.3 Å². The smallest absolute Gasteiger partial charge is 0.134 e. The van der Waals surface area contributed by atoms with Crippen molar-refractivity contribution >= 4 is 5.71 Å². The molecule has 0 fully saturated rings. The van der Waals surface area contributed by atoms with Crippen molar-refractivity contribution in [2.45, 2.75) is 6.42 Å². The Morgan fingerprint density at radius 3 is 2.83 bits per heavy atom. The normalized spacial score (nSPS) is 10.1. The van der Waals surface area contributed by atoms with Crippen molar-refractivity contribution in [1.82, 2.24) is 0 Å². The van der Waals surface area contributed by atoms with Crippen LogP contribution >= 0.6 is 0 Å². The van der Waals surface area contributed by atoms with Gasteiger partial charge in [-0.25, -0.2) is 0 Å². The van der Waals surface area contributed by atoms with Crippen molar-refractivity contribution in [2.24, 2.45) is 4.99 Å². The first-order valence-electron chi connectivity index (χ1n) is 3.64. The van der Waals surface area contributed by atoms with Crippen LogP contribution in [0.1, 0.15) is 6.42 Å². The number of rotatable bonds is 6. The van der Waals surface area contributed by atoms with Gasteiger partial charge in [-0.15, -0.1) is 0 Å². The van der Waals surface area contributed by atoms with E-state index in [2.05, 4.69) is 18.2 Å². The first-order valence-corrected chi connectivity index (χ1v) is 3.64. The van der Waals surface area contributed by atoms with Crippen LogP contribution in [0.25, 0.3) is 0 Å². The predicted molar refractivity (Wildman–Crippen MR) is 48.9 cm³/mol. The van der Waals surface area contributed by atoms with Gasteiger partial charge in [0, 0.05) is 13.0 Å². The van der Waals surface area contributed by atoms with Crippen LogP contribution in [0.15, 0.2) is 30.5 Å². The standard InChI is InChI=1S/C9H12N2O/c1-3-9(8-10)11-6-5-7-12-4-2/h3-4H,1-2,5-7H2. The molecule has 0 saturated carbocycles. The Morgan fingerprint density at radius 1 is 1.58 bits per heavy atom. The van der Waals surface area contributed by atoms with E-state index in [-0.39, 0.29) is 0 Å². The Balaban J connectivity index is 3.52. The number of aliphatic imine (C=N–C) groups is 1. The maximum Gasteiger partial charge on any atom is 0.134 e. The fourth-order valence-corrected chi connectivity index (χ4v) is 0.576. The molecule has 0 aliphatic heterocycles. The summed E-state index contributed by atoms with van der Waals surface area (Å²) in [4.78, 5) is 3.96. The summed E-state index contributed by atoms with van der Waals surface area (Å²) in [6.07, 6.45) is 3.61. The molecule has 0 aromatic carbocycles. The van der Waals surface area contributed by atoms with E-state index in [1.54, 1.807) is 0 Å². The Bertz CT molecular complexity index is 213. The summed E-state index contributed by atoms with van der Waals surface area (Å²) in [6.45, 7) is 8.02. The van der Waals surface area contributed by atoms with Gasteiger partial charge in [-0.3, -0.25) is 4.99 Å². The van der Waals surface area contributed by atoms with Gasteiger partial charge in [-0.05, 0) is 6.08 Å². The molecular formula is C9H12N2O. The molecule has 0 aliphatic rings. The van der Waals surface area contributed by atoms with Crippen molar-refractivity contribution < 1.29 is 4.74 Å². The number of nitriles is 1. The van der Waals surface area contributed by atoms with Gasteiger partial charge in [-0.1, -0.05) is 13.2 Å². The minimum atomic E-state index is 0.369. The second-order valence-corrected chi connectivity index (χ2v) is 1.97. The van der Waals surface area contributed by atoms with Crippen molar-refractivity contribution in [3.8, 4) is 6.07 Å². The number of hydrogen-bond donors (Lipinski definition) is 0. The van der Waals surface area contributed by atoms with Crippen molar-refractivity contribution in [1.29, 1.82) is 5.26 Å². The fourth-order valence-electron chi connectivity index (χ4n) is 0.576. The molecule has 0 atom stereocenters. The molecule has 0 aliphatic carbocycles. The fraction of sp³-hybridized carbons (Fsp3) is 0.333. The second-order valence-electron chi connectivity index (χ2n) is 1.97. The van der Waals surface area contributed by atoms with Gasteiger partial charge < -0.3 is 4.74 Å². The van der Waals surface area contributed by atoms with Gasteiger partial charge in [0.15, 0.2) is 0 Å². The molecule has 0 aromatic heterocycles. The van der Waals surface area contributed by atoms with Gasteiger partial charge in [0.05, 0.1) is 12.9 Å². The minimum Gasteiger partial charge on any atom is -0.502 e. The number of nitrogens with zero attached hydrogens (tertiary/aromatic N) is 2. The first kappa shape index (κ1) is 10.4. The Labute approximate surface area is 72.7 Å². The molecule has 0 unspecified atom stereocenters. The van der Waals surface area contributed by atoms with E-state index in [0.29, 0.717) is 18.9 Å². The monoisotopic (exact) mass is 164 g/mol. The van der Waals surface area contributed by atoms with Crippen LogP contribution in [0.3, 0.4) is 0 Å². The largest absolute Gasteiger partial charge is 0.502 e. The van der Waals surface area contributed by atoms with Crippen LogP contribution in [0.4, 0.5) is 0 Å².